The van der Waals surface area contributed by atoms with Crippen molar-refractivity contribution in [2.24, 2.45) is 0 Å². The number of nitrogens with one attached hydrogen (secondary N) is 1. The summed E-state index contributed by atoms with van der Waals surface area (Å²) >= 11 is 0. The molecule has 1 aromatic carbocycles. The lowest BCUT2D eigenvalue weighted by molar-refractivity contribution is 0.102. The molecule has 2 unspecified atom stereocenters. The summed E-state index contributed by atoms with van der Waals surface area (Å²) in [6.07, 6.45) is 3.92. The number of likely N-dealkylation sites (tertiary alicyclic amines) is 1. The lowest BCUT2D eigenvalue weighted by Gasteiger charge is -2.39. The highest BCUT2D eigenvalue weighted by Gasteiger charge is 2.26. The molecule has 1 N–H and O–H groups in total. The number of rotatable bonds is 7. The second kappa shape index (κ2) is 8.25. The van der Waals surface area contributed by atoms with Crippen molar-refractivity contribution < 1.29 is 9.47 Å². The summed E-state index contributed by atoms with van der Waals surface area (Å²) < 4.78 is 11.0. The maximum atomic E-state index is 5.85. The molecule has 0 saturated carbocycles. The number of likely N-dealkylation sites (N-methyl/N-ethyl adjacent to an activating group) is 1. The molecule has 0 spiro atoms. The van der Waals surface area contributed by atoms with Crippen molar-refractivity contribution >= 4 is 0 Å². The van der Waals surface area contributed by atoms with Crippen molar-refractivity contribution in [2.45, 2.75) is 38.3 Å². The van der Waals surface area contributed by atoms with Gasteiger partial charge in [0.05, 0.1) is 7.11 Å². The van der Waals surface area contributed by atoms with Crippen LogP contribution in [0, 0.1) is 0 Å². The number of piperidine rings is 1. The Labute approximate surface area is 128 Å². The topological polar surface area (TPSA) is 33.7 Å². The summed E-state index contributed by atoms with van der Waals surface area (Å²) in [4.78, 5) is 2.56. The van der Waals surface area contributed by atoms with E-state index in [0.717, 1.165) is 24.7 Å². The van der Waals surface area contributed by atoms with Crippen molar-refractivity contribution in [2.75, 3.05) is 33.9 Å². The minimum Gasteiger partial charge on any atom is -0.497 e. The van der Waals surface area contributed by atoms with Gasteiger partial charge in [0.15, 0.2) is 0 Å². The highest BCUT2D eigenvalue weighted by molar-refractivity contribution is 5.31. The maximum absolute atomic E-state index is 5.85. The number of methoxy groups -OCH3 is 1. The third kappa shape index (κ3) is 4.61. The van der Waals surface area contributed by atoms with Crippen molar-refractivity contribution in [3.05, 3.63) is 24.3 Å². The average molecular weight is 292 g/mol. The molecule has 1 saturated heterocycles. The van der Waals surface area contributed by atoms with Gasteiger partial charge < -0.3 is 14.8 Å². The monoisotopic (exact) mass is 292 g/mol. The van der Waals surface area contributed by atoms with Gasteiger partial charge in [0.25, 0.3) is 0 Å². The van der Waals surface area contributed by atoms with Crippen molar-refractivity contribution in [1.29, 1.82) is 0 Å². The van der Waals surface area contributed by atoms with E-state index in [-0.39, 0.29) is 0 Å². The van der Waals surface area contributed by atoms with Crippen LogP contribution in [0.15, 0.2) is 24.3 Å². The largest absolute Gasteiger partial charge is 0.497 e. The van der Waals surface area contributed by atoms with E-state index < -0.39 is 0 Å². The summed E-state index contributed by atoms with van der Waals surface area (Å²) in [7, 11) is 3.72. The molecule has 2 atom stereocenters. The van der Waals surface area contributed by atoms with Crippen LogP contribution >= 0.6 is 0 Å². The van der Waals surface area contributed by atoms with Crippen LogP contribution in [0.4, 0.5) is 0 Å². The summed E-state index contributed by atoms with van der Waals surface area (Å²) in [5.41, 5.74) is 0. The van der Waals surface area contributed by atoms with Crippen molar-refractivity contribution in [3.63, 3.8) is 0 Å². The Morgan fingerprint density at radius 3 is 2.62 bits per heavy atom. The standard InChI is InChI=1S/C17H28N2O2/c1-14(18-2)17-6-4-5-11-19(17)12-13-21-16-9-7-15(20-3)8-10-16/h7-10,14,17-18H,4-6,11-13H2,1-3H3. The van der Waals surface area contributed by atoms with Crippen LogP contribution in [-0.2, 0) is 0 Å². The Bertz CT molecular complexity index is 408. The predicted octanol–water partition coefficient (Wildman–Crippen LogP) is 2.54. The molecule has 1 aromatic rings. The molecule has 118 valence electrons. The summed E-state index contributed by atoms with van der Waals surface area (Å²) in [5, 5.41) is 3.39. The molecule has 0 bridgehead atoms. The number of hydrogen-bond acceptors (Lipinski definition) is 4. The molecule has 21 heavy (non-hydrogen) atoms. The van der Waals surface area contributed by atoms with Gasteiger partial charge in [0.2, 0.25) is 0 Å². The van der Waals surface area contributed by atoms with Crippen LogP contribution < -0.4 is 14.8 Å². The fraction of sp³-hybridized carbons (Fsp3) is 0.647. The van der Waals surface area contributed by atoms with Gasteiger partial charge in [-0.2, -0.15) is 0 Å². The minimum atomic E-state index is 0.534. The summed E-state index contributed by atoms with van der Waals surface area (Å²) in [6, 6.07) is 8.95. The van der Waals surface area contributed by atoms with Crippen LogP contribution in [0.3, 0.4) is 0 Å². The van der Waals surface area contributed by atoms with Gasteiger partial charge >= 0.3 is 0 Å². The molecule has 0 amide bonds. The Kier molecular flexibility index (Phi) is 6.33. The van der Waals surface area contributed by atoms with Crippen LogP contribution in [0.5, 0.6) is 11.5 Å². The van der Waals surface area contributed by atoms with E-state index in [4.69, 9.17) is 9.47 Å². The van der Waals surface area contributed by atoms with E-state index >= 15 is 0 Å². The Hall–Kier alpha value is -1.26. The molecule has 0 aromatic heterocycles. The zero-order valence-corrected chi connectivity index (χ0v) is 13.5. The van der Waals surface area contributed by atoms with Crippen LogP contribution in [0.1, 0.15) is 26.2 Å². The third-order valence-electron chi connectivity index (χ3n) is 4.40. The van der Waals surface area contributed by atoms with E-state index in [1.165, 1.54) is 25.8 Å². The molecule has 4 nitrogen and oxygen atoms in total. The van der Waals surface area contributed by atoms with Crippen LogP contribution in [-0.4, -0.2) is 50.8 Å². The molecule has 1 fully saturated rings. The molecule has 0 aliphatic carbocycles. The number of nitrogens with zero attached hydrogens (tertiary/aromatic N) is 1. The molecule has 2 rings (SSSR count). The van der Waals surface area contributed by atoms with Crippen molar-refractivity contribution in [3.8, 4) is 11.5 Å². The van der Waals surface area contributed by atoms with E-state index in [1.54, 1.807) is 7.11 Å². The zero-order chi connectivity index (χ0) is 15.1. The quantitative estimate of drug-likeness (QED) is 0.837. The van der Waals surface area contributed by atoms with Gasteiger partial charge in [0.1, 0.15) is 18.1 Å². The highest BCUT2D eigenvalue weighted by atomic mass is 16.5. The number of benzene rings is 1. The molecule has 4 heteroatoms. The predicted molar refractivity (Wildman–Crippen MR) is 86.2 cm³/mol. The summed E-state index contributed by atoms with van der Waals surface area (Å²) in [5.74, 6) is 1.77. The first-order valence-electron chi connectivity index (χ1n) is 7.92. The molecule has 1 heterocycles. The lowest BCUT2D eigenvalue weighted by atomic mass is 9.96. The lowest BCUT2D eigenvalue weighted by Crippen LogP contribution is -2.51. The summed E-state index contributed by atoms with van der Waals surface area (Å²) in [6.45, 7) is 5.18. The number of hydrogen-bond donors (Lipinski definition) is 1. The van der Waals surface area contributed by atoms with Gasteiger partial charge in [-0.1, -0.05) is 6.42 Å². The van der Waals surface area contributed by atoms with Crippen LogP contribution in [0.25, 0.3) is 0 Å². The normalized spacial score (nSPS) is 21.0. The Morgan fingerprint density at radius 2 is 1.95 bits per heavy atom. The van der Waals surface area contributed by atoms with Crippen LogP contribution in [0.2, 0.25) is 0 Å². The van der Waals surface area contributed by atoms with E-state index in [1.807, 2.05) is 31.3 Å². The number of ether oxygens (including phenoxy) is 2. The van der Waals surface area contributed by atoms with E-state index in [2.05, 4.69) is 17.1 Å². The molecular formula is C17H28N2O2. The molecular weight excluding hydrogens is 264 g/mol. The molecule has 1 aliphatic rings. The fourth-order valence-corrected chi connectivity index (χ4v) is 3.01. The average Bonchev–Trinajstić information content (AvgIpc) is 2.55. The SMILES string of the molecule is CNC(C)C1CCCCN1CCOc1ccc(OC)cc1. The van der Waals surface area contributed by atoms with Gasteiger partial charge in [0, 0.05) is 18.6 Å². The Morgan fingerprint density at radius 1 is 1.24 bits per heavy atom. The first kappa shape index (κ1) is 16.1. The van der Waals surface area contributed by atoms with Gasteiger partial charge in [-0.15, -0.1) is 0 Å². The minimum absolute atomic E-state index is 0.534. The zero-order valence-electron chi connectivity index (χ0n) is 13.5. The van der Waals surface area contributed by atoms with E-state index in [0.29, 0.717) is 12.1 Å². The smallest absolute Gasteiger partial charge is 0.119 e. The molecule has 1 aliphatic heterocycles. The second-order valence-electron chi connectivity index (χ2n) is 5.70. The maximum Gasteiger partial charge on any atom is 0.119 e. The Balaban J connectivity index is 1.80. The third-order valence-corrected chi connectivity index (χ3v) is 4.40. The highest BCUT2D eigenvalue weighted by Crippen LogP contribution is 2.20. The van der Waals surface area contributed by atoms with Gasteiger partial charge in [-0.05, 0) is 57.6 Å². The van der Waals surface area contributed by atoms with E-state index in [9.17, 15) is 0 Å². The first-order valence-corrected chi connectivity index (χ1v) is 7.92. The van der Waals surface area contributed by atoms with Crippen molar-refractivity contribution in [1.82, 2.24) is 10.2 Å². The fourth-order valence-electron chi connectivity index (χ4n) is 3.01. The second-order valence-corrected chi connectivity index (χ2v) is 5.70. The molecule has 0 radical (unpaired) electrons. The van der Waals surface area contributed by atoms with Gasteiger partial charge in [-0.3, -0.25) is 4.90 Å². The van der Waals surface area contributed by atoms with Gasteiger partial charge in [-0.25, -0.2) is 0 Å². The first-order chi connectivity index (χ1) is 10.2.